The van der Waals surface area contributed by atoms with Crippen molar-refractivity contribution in [3.05, 3.63) is 57.9 Å². The zero-order valence-electron chi connectivity index (χ0n) is 23.4. The van der Waals surface area contributed by atoms with Crippen molar-refractivity contribution >= 4 is 40.4 Å². The molecule has 1 saturated carbocycles. The number of carboxylic acid groups (broad SMARTS) is 1. The number of carbonyl (C=O) groups excluding carboxylic acids is 2. The molecule has 13 heteroatoms. The van der Waals surface area contributed by atoms with Crippen LogP contribution in [0.2, 0.25) is 0 Å². The van der Waals surface area contributed by atoms with Gasteiger partial charge in [0.05, 0.1) is 24.2 Å². The van der Waals surface area contributed by atoms with Gasteiger partial charge < -0.3 is 28.8 Å². The summed E-state index contributed by atoms with van der Waals surface area (Å²) >= 11 is 0. The standard InChI is InChI=1S/C30H30F2N4O7/c1-16(37)2-6-20-13-36(30(41)43-20)19-5-7-25(23(31)10-19)42-15-17-8-9-34(12-17)28-24(32)11-21-26(38)22(29(39)40)14-35(18-3-4-18)27(21)33-28/h5,7,10-11,14,17-18,20H,2-4,6,8-9,12-13,15H2,1H3,(H,39,40)/t17-,20+/m1/s1. The second-order valence-electron chi connectivity index (χ2n) is 11.4. The Morgan fingerprint density at radius 1 is 1.12 bits per heavy atom. The quantitative estimate of drug-likeness (QED) is 0.364. The van der Waals surface area contributed by atoms with Crippen LogP contribution in [0.3, 0.4) is 0 Å². The largest absolute Gasteiger partial charge is 0.490 e. The van der Waals surface area contributed by atoms with Gasteiger partial charge in [-0.3, -0.25) is 9.69 Å². The van der Waals surface area contributed by atoms with Crippen molar-refractivity contribution in [3.63, 3.8) is 0 Å². The third-order valence-corrected chi connectivity index (χ3v) is 8.09. The van der Waals surface area contributed by atoms with Gasteiger partial charge >= 0.3 is 12.1 Å². The third-order valence-electron chi connectivity index (χ3n) is 8.09. The van der Waals surface area contributed by atoms with Crippen LogP contribution in [-0.4, -0.2) is 64.8 Å². The van der Waals surface area contributed by atoms with Gasteiger partial charge in [-0.25, -0.2) is 23.4 Å². The molecule has 6 rings (SSSR count). The van der Waals surface area contributed by atoms with E-state index in [4.69, 9.17) is 9.47 Å². The average molecular weight is 597 g/mol. The molecule has 0 bridgehead atoms. The first-order valence-corrected chi connectivity index (χ1v) is 14.2. The summed E-state index contributed by atoms with van der Waals surface area (Å²) in [7, 11) is 0. The number of benzene rings is 1. The van der Waals surface area contributed by atoms with Crippen LogP contribution < -0.4 is 20.0 Å². The van der Waals surface area contributed by atoms with Gasteiger partial charge in [0.1, 0.15) is 23.1 Å². The number of Topliss-reactive ketones (excluding diaryl/α,β-unsaturated/α-hetero) is 1. The number of hydrogen-bond donors (Lipinski definition) is 1. The lowest BCUT2D eigenvalue weighted by Gasteiger charge is -2.20. The number of carboxylic acids is 1. The zero-order chi connectivity index (χ0) is 30.4. The van der Waals surface area contributed by atoms with Gasteiger partial charge in [-0.2, -0.15) is 0 Å². The Balaban J connectivity index is 1.12. The molecule has 226 valence electrons. The second kappa shape index (κ2) is 11.3. The van der Waals surface area contributed by atoms with Crippen LogP contribution in [-0.2, 0) is 9.53 Å². The highest BCUT2D eigenvalue weighted by atomic mass is 19.1. The van der Waals surface area contributed by atoms with Gasteiger partial charge in [0.15, 0.2) is 23.2 Å². The molecule has 0 unspecified atom stereocenters. The Morgan fingerprint density at radius 3 is 2.60 bits per heavy atom. The minimum absolute atomic E-state index is 0.00160. The van der Waals surface area contributed by atoms with Gasteiger partial charge in [-0.1, -0.05) is 0 Å². The molecule has 11 nitrogen and oxygen atoms in total. The van der Waals surface area contributed by atoms with E-state index in [-0.39, 0.29) is 53.5 Å². The topological polar surface area (TPSA) is 131 Å². The molecule has 1 N–H and O–H groups in total. The van der Waals surface area contributed by atoms with Gasteiger partial charge in [0, 0.05) is 43.7 Å². The van der Waals surface area contributed by atoms with E-state index in [2.05, 4.69) is 4.98 Å². The molecule has 2 aliphatic heterocycles. The third kappa shape index (κ3) is 5.75. The van der Waals surface area contributed by atoms with Gasteiger partial charge in [-0.05, 0) is 50.8 Å². The first-order chi connectivity index (χ1) is 20.6. The Hall–Kier alpha value is -4.55. The molecule has 1 aliphatic carbocycles. The fourth-order valence-electron chi connectivity index (χ4n) is 5.63. The molecular formula is C30H30F2N4O7. The van der Waals surface area contributed by atoms with Crippen LogP contribution in [0.25, 0.3) is 11.0 Å². The molecule has 43 heavy (non-hydrogen) atoms. The van der Waals surface area contributed by atoms with Gasteiger partial charge in [-0.15, -0.1) is 0 Å². The second-order valence-corrected chi connectivity index (χ2v) is 11.4. The smallest absolute Gasteiger partial charge is 0.414 e. The Bertz CT molecular complexity index is 1690. The number of pyridine rings is 2. The summed E-state index contributed by atoms with van der Waals surface area (Å²) in [6.45, 7) is 2.71. The molecule has 2 atom stereocenters. The van der Waals surface area contributed by atoms with E-state index in [1.165, 1.54) is 30.2 Å². The van der Waals surface area contributed by atoms with Crippen LogP contribution in [0.15, 0.2) is 35.3 Å². The summed E-state index contributed by atoms with van der Waals surface area (Å²) in [6, 6.07) is 5.29. The Morgan fingerprint density at radius 2 is 1.91 bits per heavy atom. The maximum absolute atomic E-state index is 15.2. The van der Waals surface area contributed by atoms with Gasteiger partial charge in [0.25, 0.3) is 0 Å². The molecule has 0 radical (unpaired) electrons. The molecular weight excluding hydrogens is 566 g/mol. The minimum atomic E-state index is -1.37. The average Bonchev–Trinajstić information content (AvgIpc) is 3.58. The number of halogens is 2. The lowest BCUT2D eigenvalue weighted by atomic mass is 10.1. The lowest BCUT2D eigenvalue weighted by Crippen LogP contribution is -2.26. The van der Waals surface area contributed by atoms with E-state index < -0.39 is 40.8 Å². The van der Waals surface area contributed by atoms with Crippen LogP contribution in [0.4, 0.5) is 25.1 Å². The predicted molar refractivity (Wildman–Crippen MR) is 151 cm³/mol. The number of ketones is 1. The monoisotopic (exact) mass is 596 g/mol. The predicted octanol–water partition coefficient (Wildman–Crippen LogP) is 4.31. The molecule has 3 aromatic rings. The first kappa shape index (κ1) is 28.6. The number of aromatic carboxylic acids is 1. The number of amides is 1. The van der Waals surface area contributed by atoms with Crippen LogP contribution in [0.5, 0.6) is 5.75 Å². The van der Waals surface area contributed by atoms with Crippen LogP contribution >= 0.6 is 0 Å². The lowest BCUT2D eigenvalue weighted by molar-refractivity contribution is -0.117. The van der Waals surface area contributed by atoms with E-state index >= 15 is 4.39 Å². The highest BCUT2D eigenvalue weighted by Crippen LogP contribution is 2.37. The van der Waals surface area contributed by atoms with E-state index in [0.717, 1.165) is 18.9 Å². The van der Waals surface area contributed by atoms with Crippen LogP contribution in [0, 0.1) is 17.6 Å². The van der Waals surface area contributed by atoms with Crippen molar-refractivity contribution in [2.45, 2.75) is 51.2 Å². The maximum Gasteiger partial charge on any atom is 0.414 e. The van der Waals surface area contributed by atoms with E-state index in [9.17, 15) is 28.7 Å². The summed E-state index contributed by atoms with van der Waals surface area (Å²) in [5, 5.41) is 9.37. The summed E-state index contributed by atoms with van der Waals surface area (Å²) in [6.07, 6.45) is 3.22. The number of ether oxygens (including phenoxy) is 2. The van der Waals surface area contributed by atoms with Crippen LogP contribution in [0.1, 0.15) is 55.4 Å². The number of aromatic nitrogens is 2. The number of cyclic esters (lactones) is 1. The number of nitrogens with zero attached hydrogens (tertiary/aromatic N) is 4. The zero-order valence-corrected chi connectivity index (χ0v) is 23.4. The molecule has 1 aromatic carbocycles. The van der Waals surface area contributed by atoms with Crippen molar-refractivity contribution in [1.82, 2.24) is 9.55 Å². The fraction of sp³-hybridized carbons (Fsp3) is 0.433. The normalized spacial score (nSPS) is 20.1. The summed E-state index contributed by atoms with van der Waals surface area (Å²) in [5.41, 5.74) is -0.609. The van der Waals surface area contributed by atoms with Crippen molar-refractivity contribution in [3.8, 4) is 5.75 Å². The minimum Gasteiger partial charge on any atom is -0.490 e. The van der Waals surface area contributed by atoms with Crippen molar-refractivity contribution in [2.75, 3.05) is 36.0 Å². The number of rotatable bonds is 10. The molecule has 3 aliphatic rings. The molecule has 0 spiro atoms. The SMILES string of the molecule is CC(=O)CC[C@H]1CN(c2ccc(OC[C@@H]3CCN(c4nc5c(cc4F)c(=O)c(C(=O)O)cn5C4CC4)C3)c(F)c2)C(=O)O1. The van der Waals surface area contributed by atoms with Crippen molar-refractivity contribution in [1.29, 1.82) is 0 Å². The first-order valence-electron chi connectivity index (χ1n) is 14.2. The number of anilines is 2. The molecule has 3 fully saturated rings. The number of fused-ring (bicyclic) bond motifs is 1. The van der Waals surface area contributed by atoms with E-state index in [0.29, 0.717) is 38.0 Å². The summed E-state index contributed by atoms with van der Waals surface area (Å²) in [5.74, 6) is -2.71. The number of hydrogen-bond acceptors (Lipinski definition) is 8. The molecule has 2 aromatic heterocycles. The highest BCUT2D eigenvalue weighted by molar-refractivity contribution is 5.92. The van der Waals surface area contributed by atoms with Crippen molar-refractivity contribution in [2.24, 2.45) is 5.92 Å². The number of carbonyl (C=O) groups is 3. The fourth-order valence-corrected chi connectivity index (χ4v) is 5.63. The maximum atomic E-state index is 15.2. The summed E-state index contributed by atoms with van der Waals surface area (Å²) in [4.78, 5) is 55.4. The Labute approximate surface area is 244 Å². The van der Waals surface area contributed by atoms with E-state index in [1.807, 2.05) is 0 Å². The summed E-state index contributed by atoms with van der Waals surface area (Å²) < 4.78 is 42.9. The molecule has 2 saturated heterocycles. The molecule has 4 heterocycles. The van der Waals surface area contributed by atoms with Gasteiger partial charge in [0.2, 0.25) is 5.43 Å². The molecule has 1 amide bonds. The van der Waals surface area contributed by atoms with Crippen molar-refractivity contribution < 1.29 is 37.7 Å². The Kier molecular flexibility index (Phi) is 7.49. The highest BCUT2D eigenvalue weighted by Gasteiger charge is 2.33. The van der Waals surface area contributed by atoms with E-state index in [1.54, 1.807) is 15.5 Å².